The quantitative estimate of drug-likeness (QED) is 0.418. The molecule has 4 aromatic rings. The first-order chi connectivity index (χ1) is 14.7. The van der Waals surface area contributed by atoms with E-state index in [1.54, 1.807) is 20.3 Å². The Morgan fingerprint density at radius 1 is 0.867 bits per heavy atom. The van der Waals surface area contributed by atoms with Crippen molar-refractivity contribution in [3.8, 4) is 23.0 Å². The van der Waals surface area contributed by atoms with Gasteiger partial charge in [-0.2, -0.15) is 0 Å². The summed E-state index contributed by atoms with van der Waals surface area (Å²) in [5, 5.41) is 12.6. The lowest BCUT2D eigenvalue weighted by Crippen LogP contribution is -2.13. The van der Waals surface area contributed by atoms with Crippen LogP contribution >= 0.6 is 11.6 Å². The predicted octanol–water partition coefficient (Wildman–Crippen LogP) is 5.61. The van der Waals surface area contributed by atoms with Gasteiger partial charge in [0.25, 0.3) is 0 Å². The molecule has 0 aliphatic rings. The molecule has 1 unspecified atom stereocenters. The van der Waals surface area contributed by atoms with Crippen molar-refractivity contribution in [2.24, 2.45) is 0 Å². The maximum atomic E-state index is 6.24. The van der Waals surface area contributed by atoms with Crippen molar-refractivity contribution < 1.29 is 13.9 Å². The molecule has 0 fully saturated rings. The fourth-order valence-electron chi connectivity index (χ4n) is 3.08. The van der Waals surface area contributed by atoms with Gasteiger partial charge in [0.15, 0.2) is 0 Å². The Morgan fingerprint density at radius 3 is 2.27 bits per heavy atom. The number of ether oxygens (including phenoxy) is 2. The summed E-state index contributed by atoms with van der Waals surface area (Å²) in [5.41, 5.74) is 2.51. The van der Waals surface area contributed by atoms with Crippen LogP contribution in [0.4, 0.5) is 5.69 Å². The number of aromatic nitrogens is 2. The van der Waals surface area contributed by atoms with Crippen LogP contribution in [0.3, 0.4) is 0 Å². The van der Waals surface area contributed by atoms with E-state index in [1.165, 1.54) is 0 Å². The second-order valence-electron chi connectivity index (χ2n) is 6.55. The Bertz CT molecular complexity index is 1110. The summed E-state index contributed by atoms with van der Waals surface area (Å²) >= 11 is 6.24. The van der Waals surface area contributed by atoms with Gasteiger partial charge in [-0.3, -0.25) is 0 Å². The molecule has 0 bridgehead atoms. The molecule has 0 saturated carbocycles. The molecule has 1 heterocycles. The average molecular weight is 422 g/mol. The third-order valence-electron chi connectivity index (χ3n) is 4.55. The van der Waals surface area contributed by atoms with Crippen LogP contribution in [0.2, 0.25) is 5.02 Å². The van der Waals surface area contributed by atoms with Gasteiger partial charge >= 0.3 is 0 Å². The number of halogens is 1. The minimum Gasteiger partial charge on any atom is -0.497 e. The van der Waals surface area contributed by atoms with E-state index >= 15 is 0 Å². The monoisotopic (exact) mass is 421 g/mol. The van der Waals surface area contributed by atoms with E-state index in [9.17, 15) is 0 Å². The number of hydrogen-bond acceptors (Lipinski definition) is 6. The van der Waals surface area contributed by atoms with Crippen LogP contribution in [0.25, 0.3) is 11.5 Å². The maximum Gasteiger partial charge on any atom is 0.247 e. The van der Waals surface area contributed by atoms with Gasteiger partial charge in [0.1, 0.15) is 17.5 Å². The number of nitrogens with one attached hydrogen (secondary N) is 1. The number of anilines is 1. The van der Waals surface area contributed by atoms with E-state index in [4.69, 9.17) is 25.5 Å². The molecule has 0 aliphatic carbocycles. The van der Waals surface area contributed by atoms with Gasteiger partial charge in [-0.1, -0.05) is 41.9 Å². The van der Waals surface area contributed by atoms with Crippen LogP contribution in [0, 0.1) is 0 Å². The summed E-state index contributed by atoms with van der Waals surface area (Å²) in [6.45, 7) is 0. The molecule has 30 heavy (non-hydrogen) atoms. The summed E-state index contributed by atoms with van der Waals surface area (Å²) in [6, 6.07) is 22.3. The molecule has 0 aliphatic heterocycles. The van der Waals surface area contributed by atoms with Gasteiger partial charge in [-0.05, 0) is 29.8 Å². The fourth-order valence-corrected chi connectivity index (χ4v) is 3.28. The van der Waals surface area contributed by atoms with Crippen molar-refractivity contribution in [2.45, 2.75) is 6.04 Å². The van der Waals surface area contributed by atoms with Crippen molar-refractivity contribution in [1.29, 1.82) is 0 Å². The molecule has 7 heteroatoms. The van der Waals surface area contributed by atoms with Crippen LogP contribution in [0.5, 0.6) is 11.5 Å². The molecule has 6 nitrogen and oxygen atoms in total. The van der Waals surface area contributed by atoms with Crippen LogP contribution < -0.4 is 14.8 Å². The van der Waals surface area contributed by atoms with E-state index in [1.807, 2.05) is 66.7 Å². The van der Waals surface area contributed by atoms with E-state index in [-0.39, 0.29) is 0 Å². The minimum absolute atomic E-state index is 0.415. The molecule has 1 aromatic heterocycles. The first-order valence-electron chi connectivity index (χ1n) is 9.30. The lowest BCUT2D eigenvalue weighted by atomic mass is 10.1. The molecule has 0 spiro atoms. The van der Waals surface area contributed by atoms with Crippen LogP contribution in [0.1, 0.15) is 17.5 Å². The van der Waals surface area contributed by atoms with E-state index < -0.39 is 6.04 Å². The van der Waals surface area contributed by atoms with Crippen molar-refractivity contribution in [3.05, 3.63) is 89.3 Å². The largest absolute Gasteiger partial charge is 0.497 e. The summed E-state index contributed by atoms with van der Waals surface area (Å²) in [7, 11) is 3.22. The molecule has 152 valence electrons. The minimum atomic E-state index is -0.425. The molecule has 0 amide bonds. The van der Waals surface area contributed by atoms with Crippen molar-refractivity contribution in [2.75, 3.05) is 19.5 Å². The van der Waals surface area contributed by atoms with E-state index in [0.717, 1.165) is 16.8 Å². The van der Waals surface area contributed by atoms with Crippen LogP contribution in [-0.4, -0.2) is 24.4 Å². The Hall–Kier alpha value is -3.51. The zero-order chi connectivity index (χ0) is 20.9. The molecule has 0 saturated heterocycles. The molecular weight excluding hydrogens is 402 g/mol. The van der Waals surface area contributed by atoms with Gasteiger partial charge in [0, 0.05) is 34.5 Å². The Balaban J connectivity index is 1.74. The number of nitrogens with zero attached hydrogens (tertiary/aromatic N) is 2. The number of benzene rings is 3. The standard InChI is InChI=1S/C23H20ClN3O3/c1-28-19-12-18(13-20(14-19)29-2)25-21(16-9-6-10-17(24)11-16)23-27-26-22(30-23)15-7-4-3-5-8-15/h3-14,21,25H,1-2H3. The topological polar surface area (TPSA) is 69.4 Å². The number of rotatable bonds is 7. The summed E-state index contributed by atoms with van der Waals surface area (Å²) in [4.78, 5) is 0. The maximum absolute atomic E-state index is 6.24. The van der Waals surface area contributed by atoms with Gasteiger partial charge in [-0.25, -0.2) is 0 Å². The highest BCUT2D eigenvalue weighted by Crippen LogP contribution is 2.33. The number of hydrogen-bond donors (Lipinski definition) is 1. The Labute approximate surface area is 179 Å². The van der Waals surface area contributed by atoms with Crippen molar-refractivity contribution in [1.82, 2.24) is 10.2 Å². The molecule has 3 aromatic carbocycles. The summed E-state index contributed by atoms with van der Waals surface area (Å²) in [6.07, 6.45) is 0. The molecule has 1 atom stereocenters. The highest BCUT2D eigenvalue weighted by molar-refractivity contribution is 6.30. The fraction of sp³-hybridized carbons (Fsp3) is 0.130. The highest BCUT2D eigenvalue weighted by atomic mass is 35.5. The first-order valence-corrected chi connectivity index (χ1v) is 9.68. The van der Waals surface area contributed by atoms with E-state index in [0.29, 0.717) is 28.3 Å². The van der Waals surface area contributed by atoms with Crippen molar-refractivity contribution >= 4 is 17.3 Å². The number of methoxy groups -OCH3 is 2. The van der Waals surface area contributed by atoms with Gasteiger partial charge in [0.2, 0.25) is 11.8 Å². The van der Waals surface area contributed by atoms with Gasteiger partial charge in [0.05, 0.1) is 14.2 Å². The Morgan fingerprint density at radius 2 is 1.60 bits per heavy atom. The zero-order valence-electron chi connectivity index (χ0n) is 16.5. The van der Waals surface area contributed by atoms with Crippen LogP contribution in [0.15, 0.2) is 77.2 Å². The second kappa shape index (κ2) is 8.88. The average Bonchev–Trinajstić information content (AvgIpc) is 3.27. The SMILES string of the molecule is COc1cc(NC(c2cccc(Cl)c2)c2nnc(-c3ccccc3)o2)cc(OC)c1. The third-order valence-corrected chi connectivity index (χ3v) is 4.79. The Kier molecular flexibility index (Phi) is 5.86. The van der Waals surface area contributed by atoms with Gasteiger partial charge < -0.3 is 19.2 Å². The lowest BCUT2D eigenvalue weighted by Gasteiger charge is -2.18. The molecule has 1 N–H and O–H groups in total. The highest BCUT2D eigenvalue weighted by Gasteiger charge is 2.22. The smallest absolute Gasteiger partial charge is 0.247 e. The molecule has 4 rings (SSSR count). The summed E-state index contributed by atoms with van der Waals surface area (Å²) in [5.74, 6) is 2.19. The van der Waals surface area contributed by atoms with Gasteiger partial charge in [-0.15, -0.1) is 10.2 Å². The van der Waals surface area contributed by atoms with Crippen molar-refractivity contribution in [3.63, 3.8) is 0 Å². The summed E-state index contributed by atoms with van der Waals surface area (Å²) < 4.78 is 16.8. The third kappa shape index (κ3) is 4.39. The second-order valence-corrected chi connectivity index (χ2v) is 6.98. The normalized spacial score (nSPS) is 11.7. The molecule has 0 radical (unpaired) electrons. The molecular formula is C23H20ClN3O3. The van der Waals surface area contributed by atoms with Crippen LogP contribution in [-0.2, 0) is 0 Å². The zero-order valence-corrected chi connectivity index (χ0v) is 17.3. The predicted molar refractivity (Wildman–Crippen MR) is 116 cm³/mol. The van der Waals surface area contributed by atoms with E-state index in [2.05, 4.69) is 15.5 Å². The lowest BCUT2D eigenvalue weighted by molar-refractivity contribution is 0.394. The first kappa shape index (κ1) is 19.8.